The fraction of sp³-hybridized carbons (Fsp3) is 1.00. The van der Waals surface area contributed by atoms with Crippen LogP contribution in [0.1, 0.15) is 83.1 Å². The van der Waals surface area contributed by atoms with Gasteiger partial charge in [-0.25, -0.2) is 0 Å². The van der Waals surface area contributed by atoms with E-state index in [0.717, 1.165) is 68.3 Å². The van der Waals surface area contributed by atoms with Crippen LogP contribution < -0.4 is 0 Å². The third-order valence-electron chi connectivity index (χ3n) is 8.80. The van der Waals surface area contributed by atoms with E-state index in [0.29, 0.717) is 0 Å². The lowest BCUT2D eigenvalue weighted by Crippen LogP contribution is -2.24. The molecule has 2 aliphatic rings. The number of hydrogen-bond acceptors (Lipinski definition) is 2. The van der Waals surface area contributed by atoms with Crippen molar-refractivity contribution < 1.29 is 0 Å². The molecule has 12 atom stereocenters. The Bertz CT molecular complexity index is 335. The van der Waals surface area contributed by atoms with Crippen LogP contribution in [-0.2, 0) is 0 Å². The highest BCUT2D eigenvalue weighted by atomic mass is 32.2. The normalized spacial score (nSPS) is 53.1. The second-order valence-corrected chi connectivity index (χ2v) is 13.5. The monoisotopic (exact) mass is 400 g/mol. The topological polar surface area (TPSA) is 0 Å². The molecule has 0 saturated carbocycles. The van der Waals surface area contributed by atoms with E-state index < -0.39 is 0 Å². The summed E-state index contributed by atoms with van der Waals surface area (Å²) in [5.41, 5.74) is 0. The van der Waals surface area contributed by atoms with Crippen molar-refractivity contribution in [3.05, 3.63) is 0 Å². The molecule has 2 heteroatoms. The minimum Gasteiger partial charge on any atom is -0.155 e. The lowest BCUT2D eigenvalue weighted by Gasteiger charge is -2.28. The average molecular weight is 401 g/mol. The van der Waals surface area contributed by atoms with Gasteiger partial charge in [0.25, 0.3) is 0 Å². The summed E-state index contributed by atoms with van der Waals surface area (Å²) in [7, 11) is 0. The van der Waals surface area contributed by atoms with E-state index in [1.165, 1.54) is 0 Å². The van der Waals surface area contributed by atoms with Gasteiger partial charge in [-0.05, 0) is 47.3 Å². The van der Waals surface area contributed by atoms with Crippen molar-refractivity contribution in [3.63, 3.8) is 0 Å². The molecular formula is C24H48S2. The number of thioether (sulfide) groups is 2. The highest BCUT2D eigenvalue weighted by molar-refractivity contribution is 8.00. The summed E-state index contributed by atoms with van der Waals surface area (Å²) in [4.78, 5) is 0. The van der Waals surface area contributed by atoms with Crippen LogP contribution in [0.4, 0.5) is 0 Å². The minimum absolute atomic E-state index is 0.831. The molecule has 0 aromatic heterocycles. The molecule has 0 spiro atoms. The first kappa shape index (κ1) is 24.7. The molecule has 2 heterocycles. The lowest BCUT2D eigenvalue weighted by atomic mass is 9.77. The van der Waals surface area contributed by atoms with Crippen LogP contribution in [0, 0.1) is 47.3 Å². The summed E-state index contributed by atoms with van der Waals surface area (Å²) in [6.07, 6.45) is 0. The maximum Gasteiger partial charge on any atom is 0.00497 e. The highest BCUT2D eigenvalue weighted by Crippen LogP contribution is 2.44. The van der Waals surface area contributed by atoms with Crippen LogP contribution in [0.25, 0.3) is 0 Å². The summed E-state index contributed by atoms with van der Waals surface area (Å²) < 4.78 is 0. The van der Waals surface area contributed by atoms with E-state index in [-0.39, 0.29) is 0 Å². The summed E-state index contributed by atoms with van der Waals surface area (Å²) in [6.45, 7) is 29.0. The summed E-state index contributed by atoms with van der Waals surface area (Å²) >= 11 is 4.37. The Labute approximate surface area is 174 Å². The molecule has 0 aliphatic carbocycles. The van der Waals surface area contributed by atoms with Crippen LogP contribution in [0.2, 0.25) is 0 Å². The van der Waals surface area contributed by atoms with E-state index in [1.54, 1.807) is 0 Å². The average Bonchev–Trinajstić information content (AvgIpc) is 2.70. The Morgan fingerprint density at radius 2 is 0.423 bits per heavy atom. The minimum atomic E-state index is 0.831. The van der Waals surface area contributed by atoms with Crippen molar-refractivity contribution in [1.29, 1.82) is 0 Å². The van der Waals surface area contributed by atoms with Crippen LogP contribution in [0.15, 0.2) is 0 Å². The van der Waals surface area contributed by atoms with Crippen molar-refractivity contribution in [2.24, 2.45) is 47.3 Å². The molecule has 0 aromatic rings. The van der Waals surface area contributed by atoms with E-state index in [9.17, 15) is 0 Å². The predicted octanol–water partition coefficient (Wildman–Crippen LogP) is 8.11. The SMILES string of the molecule is CC1SC(C)C(C)C(C)C(C)C1C.CC1SC(C)C(C)C(C)C(C)C1C. The van der Waals surface area contributed by atoms with Crippen LogP contribution in [0.5, 0.6) is 0 Å². The van der Waals surface area contributed by atoms with Crippen LogP contribution in [-0.4, -0.2) is 21.0 Å². The Morgan fingerprint density at radius 3 is 0.577 bits per heavy atom. The highest BCUT2D eigenvalue weighted by Gasteiger charge is 2.35. The Morgan fingerprint density at radius 1 is 0.269 bits per heavy atom. The molecule has 0 bridgehead atoms. The van der Waals surface area contributed by atoms with Gasteiger partial charge in [0.15, 0.2) is 0 Å². The van der Waals surface area contributed by atoms with Crippen molar-refractivity contribution in [2.75, 3.05) is 0 Å². The maximum atomic E-state index is 2.43. The molecule has 2 aliphatic heterocycles. The Balaban J connectivity index is 0.000000260. The fourth-order valence-corrected chi connectivity index (χ4v) is 8.14. The van der Waals surface area contributed by atoms with Gasteiger partial charge < -0.3 is 0 Å². The molecular weight excluding hydrogens is 352 g/mol. The Hall–Kier alpha value is 0.700. The van der Waals surface area contributed by atoms with Crippen LogP contribution in [0.3, 0.4) is 0 Å². The fourth-order valence-electron chi connectivity index (χ4n) is 4.80. The third kappa shape index (κ3) is 5.85. The zero-order chi connectivity index (χ0) is 20.3. The van der Waals surface area contributed by atoms with Gasteiger partial charge in [-0.1, -0.05) is 83.1 Å². The number of rotatable bonds is 0. The maximum absolute atomic E-state index is 2.43. The van der Waals surface area contributed by atoms with Crippen molar-refractivity contribution >= 4 is 23.5 Å². The second-order valence-electron chi connectivity index (χ2n) is 9.97. The molecule has 2 saturated heterocycles. The Kier molecular flexibility index (Phi) is 9.96. The summed E-state index contributed by atoms with van der Waals surface area (Å²) in [5, 5.41) is 3.32. The third-order valence-corrected chi connectivity index (χ3v) is 12.2. The van der Waals surface area contributed by atoms with Gasteiger partial charge in [-0.3, -0.25) is 0 Å². The van der Waals surface area contributed by atoms with Gasteiger partial charge in [0.05, 0.1) is 0 Å². The van der Waals surface area contributed by atoms with Crippen LogP contribution >= 0.6 is 23.5 Å². The molecule has 0 nitrogen and oxygen atoms in total. The zero-order valence-electron chi connectivity index (χ0n) is 19.7. The first-order chi connectivity index (χ1) is 11.9. The van der Waals surface area contributed by atoms with Gasteiger partial charge in [-0.15, -0.1) is 0 Å². The smallest absolute Gasteiger partial charge is 0.00497 e. The van der Waals surface area contributed by atoms with Crippen molar-refractivity contribution in [1.82, 2.24) is 0 Å². The van der Waals surface area contributed by atoms with E-state index in [4.69, 9.17) is 0 Å². The van der Waals surface area contributed by atoms with Crippen molar-refractivity contribution in [3.8, 4) is 0 Å². The van der Waals surface area contributed by atoms with Gasteiger partial charge in [0.1, 0.15) is 0 Å². The van der Waals surface area contributed by atoms with Gasteiger partial charge in [0, 0.05) is 21.0 Å². The number of hydrogen-bond donors (Lipinski definition) is 0. The molecule has 12 unspecified atom stereocenters. The standard InChI is InChI=1S/2C12H24S/c2*1-7-8(2)10(4)12(6)13-11(5)9(7)3/h2*7-12H,1-6H3. The molecule has 26 heavy (non-hydrogen) atoms. The molecule has 2 fully saturated rings. The van der Waals surface area contributed by atoms with E-state index in [1.807, 2.05) is 0 Å². The van der Waals surface area contributed by atoms with E-state index in [2.05, 4.69) is 107 Å². The van der Waals surface area contributed by atoms with Gasteiger partial charge in [-0.2, -0.15) is 23.5 Å². The quantitative estimate of drug-likeness (QED) is 0.402. The molecule has 0 N–H and O–H groups in total. The molecule has 0 amide bonds. The largest absolute Gasteiger partial charge is 0.155 e. The van der Waals surface area contributed by atoms with Gasteiger partial charge >= 0.3 is 0 Å². The second kappa shape index (κ2) is 10.5. The lowest BCUT2D eigenvalue weighted by molar-refractivity contribution is 0.222. The molecule has 156 valence electrons. The molecule has 0 radical (unpaired) electrons. The summed E-state index contributed by atoms with van der Waals surface area (Å²) in [6, 6.07) is 0. The first-order valence-electron chi connectivity index (χ1n) is 11.2. The molecule has 0 aromatic carbocycles. The van der Waals surface area contributed by atoms with Crippen molar-refractivity contribution in [2.45, 2.75) is 104 Å². The summed E-state index contributed by atoms with van der Waals surface area (Å²) in [5.74, 6) is 6.98. The zero-order valence-corrected chi connectivity index (χ0v) is 21.4. The first-order valence-corrected chi connectivity index (χ1v) is 13.1. The van der Waals surface area contributed by atoms with Gasteiger partial charge in [0.2, 0.25) is 0 Å². The molecule has 2 rings (SSSR count). The predicted molar refractivity (Wildman–Crippen MR) is 126 cm³/mol. The van der Waals surface area contributed by atoms with E-state index >= 15 is 0 Å².